The van der Waals surface area contributed by atoms with E-state index in [2.05, 4.69) is 5.43 Å². The second-order valence-corrected chi connectivity index (χ2v) is 1.62. The number of carbonyl (C=O) groups is 1. The van der Waals surface area contributed by atoms with Crippen molar-refractivity contribution >= 4 is 6.03 Å². The highest BCUT2D eigenvalue weighted by atomic mass is 16.3. The molecule has 0 atom stereocenters. The van der Waals surface area contributed by atoms with E-state index in [-0.39, 0.29) is 6.61 Å². The van der Waals surface area contributed by atoms with Crippen LogP contribution in [0.4, 0.5) is 4.79 Å². The number of aliphatic hydroxyl groups excluding tert-OH is 1. The number of nitrogens with two attached hydrogens (primary N) is 1. The molecule has 0 unspecified atom stereocenters. The van der Waals surface area contributed by atoms with Crippen LogP contribution in [0.3, 0.4) is 0 Å². The Morgan fingerprint density at radius 2 is 2.44 bits per heavy atom. The van der Waals surface area contributed by atoms with Crippen LogP contribution < -0.4 is 11.2 Å². The molecule has 0 heterocycles. The van der Waals surface area contributed by atoms with Crippen molar-refractivity contribution in [1.29, 1.82) is 0 Å². The van der Waals surface area contributed by atoms with E-state index in [1.165, 1.54) is 5.01 Å². The molecule has 2 amide bonds. The van der Waals surface area contributed by atoms with Gasteiger partial charge in [-0.15, -0.1) is 0 Å². The van der Waals surface area contributed by atoms with Gasteiger partial charge in [-0.1, -0.05) is 0 Å². The summed E-state index contributed by atoms with van der Waals surface area (Å²) in [5, 5.41) is 9.72. The van der Waals surface area contributed by atoms with E-state index in [4.69, 9.17) is 10.8 Å². The van der Waals surface area contributed by atoms with Crippen molar-refractivity contribution in [3.63, 3.8) is 0 Å². The Morgan fingerprint density at radius 3 is 2.78 bits per heavy atom. The van der Waals surface area contributed by atoms with Gasteiger partial charge in [0.1, 0.15) is 0 Å². The lowest BCUT2D eigenvalue weighted by Gasteiger charge is -2.13. The molecule has 5 heteroatoms. The van der Waals surface area contributed by atoms with Crippen LogP contribution in [-0.2, 0) is 0 Å². The largest absolute Gasteiger partial charge is 0.395 e. The molecule has 0 aromatic rings. The maximum absolute atomic E-state index is 10.1. The lowest BCUT2D eigenvalue weighted by atomic mass is 10.7. The summed E-state index contributed by atoms with van der Waals surface area (Å²) < 4.78 is 0. The first kappa shape index (κ1) is 8.19. The number of nitrogens with zero attached hydrogens (tertiary/aromatic N) is 1. The fourth-order valence-electron chi connectivity index (χ4n) is 0.394. The first-order valence-electron chi connectivity index (χ1n) is 2.55. The smallest absolute Gasteiger partial charge is 0.326 e. The third-order valence-corrected chi connectivity index (χ3v) is 0.736. The Morgan fingerprint density at radius 1 is 1.89 bits per heavy atom. The third-order valence-electron chi connectivity index (χ3n) is 0.736. The molecule has 0 aliphatic heterocycles. The number of nitrogens with one attached hydrogen (secondary N) is 1. The maximum atomic E-state index is 10.1. The van der Waals surface area contributed by atoms with Crippen LogP contribution in [0.25, 0.3) is 0 Å². The molecule has 5 nitrogen and oxygen atoms in total. The Balaban J connectivity index is 3.26. The minimum absolute atomic E-state index is 0.00319. The highest BCUT2D eigenvalue weighted by Crippen LogP contribution is 1.70. The molecule has 0 saturated heterocycles. The van der Waals surface area contributed by atoms with Gasteiger partial charge in [-0.2, -0.15) is 0 Å². The van der Waals surface area contributed by atoms with Gasteiger partial charge in [0, 0.05) is 13.6 Å². The van der Waals surface area contributed by atoms with E-state index in [9.17, 15) is 4.79 Å². The molecule has 54 valence electrons. The van der Waals surface area contributed by atoms with Crippen LogP contribution in [-0.4, -0.2) is 36.3 Å². The van der Waals surface area contributed by atoms with Gasteiger partial charge >= 0.3 is 6.03 Å². The van der Waals surface area contributed by atoms with Crippen LogP contribution in [0, 0.1) is 0 Å². The van der Waals surface area contributed by atoms with Gasteiger partial charge in [0.2, 0.25) is 0 Å². The van der Waals surface area contributed by atoms with E-state index in [1.807, 2.05) is 0 Å². The first-order chi connectivity index (χ1) is 4.16. The van der Waals surface area contributed by atoms with Crippen LogP contribution in [0.15, 0.2) is 0 Å². The van der Waals surface area contributed by atoms with Gasteiger partial charge in [-0.25, -0.2) is 9.80 Å². The number of hydrogen-bond donors (Lipinski definition) is 3. The average Bonchev–Trinajstić information content (AvgIpc) is 1.63. The Labute approximate surface area is 53.4 Å². The summed E-state index contributed by atoms with van der Waals surface area (Å²) in [6.45, 7) is 0.375. The number of hydrazine groups is 1. The lowest BCUT2D eigenvalue weighted by molar-refractivity contribution is 0.174. The molecular formula is C4H11N3O2. The zero-order valence-electron chi connectivity index (χ0n) is 5.29. The van der Waals surface area contributed by atoms with Crippen LogP contribution in [0.1, 0.15) is 0 Å². The van der Waals surface area contributed by atoms with E-state index in [1.54, 1.807) is 7.05 Å². The number of amides is 2. The molecule has 0 aromatic heterocycles. The van der Waals surface area contributed by atoms with Crippen LogP contribution >= 0.6 is 0 Å². The van der Waals surface area contributed by atoms with Gasteiger partial charge in [0.15, 0.2) is 0 Å². The number of hydrogen-bond acceptors (Lipinski definition) is 3. The van der Waals surface area contributed by atoms with E-state index in [0.29, 0.717) is 6.54 Å². The van der Waals surface area contributed by atoms with Crippen molar-refractivity contribution in [3.8, 4) is 0 Å². The van der Waals surface area contributed by atoms with E-state index >= 15 is 0 Å². The quantitative estimate of drug-likeness (QED) is 0.410. The molecule has 0 saturated carbocycles. The molecule has 0 aliphatic rings. The first-order valence-corrected chi connectivity index (χ1v) is 2.55. The van der Waals surface area contributed by atoms with Gasteiger partial charge in [0.25, 0.3) is 0 Å². The number of primary amides is 1. The topological polar surface area (TPSA) is 78.6 Å². The number of likely N-dealkylation sites (N-methyl/N-ethyl adjacent to an activating group) is 1. The molecule has 0 spiro atoms. The summed E-state index contributed by atoms with van der Waals surface area (Å²) in [6, 6.07) is -0.619. The normalized spacial score (nSPS) is 9.67. The number of aliphatic hydroxyl groups is 1. The summed E-state index contributed by atoms with van der Waals surface area (Å²) in [4.78, 5) is 10.1. The highest BCUT2D eigenvalue weighted by molar-refractivity contribution is 5.70. The maximum Gasteiger partial charge on any atom is 0.326 e. The molecule has 0 radical (unpaired) electrons. The Kier molecular flexibility index (Phi) is 3.74. The van der Waals surface area contributed by atoms with Gasteiger partial charge in [0.05, 0.1) is 6.61 Å². The molecule has 0 rings (SSSR count). The van der Waals surface area contributed by atoms with Crippen molar-refractivity contribution in [3.05, 3.63) is 0 Å². The summed E-state index contributed by atoms with van der Waals surface area (Å²) in [5.41, 5.74) is 7.01. The predicted octanol–water partition coefficient (Wildman–Crippen LogP) is -1.51. The van der Waals surface area contributed by atoms with Crippen molar-refractivity contribution < 1.29 is 9.90 Å². The van der Waals surface area contributed by atoms with E-state index in [0.717, 1.165) is 0 Å². The second kappa shape index (κ2) is 4.11. The Hall–Kier alpha value is -0.810. The zero-order chi connectivity index (χ0) is 7.28. The van der Waals surface area contributed by atoms with Gasteiger partial charge in [-0.05, 0) is 0 Å². The summed E-state index contributed by atoms with van der Waals surface area (Å²) >= 11 is 0. The van der Waals surface area contributed by atoms with Crippen molar-refractivity contribution in [2.75, 3.05) is 20.2 Å². The molecule has 0 fully saturated rings. The Bertz CT molecular complexity index is 95.8. The predicted molar refractivity (Wildman–Crippen MR) is 32.4 cm³/mol. The molecular weight excluding hydrogens is 122 g/mol. The fourth-order valence-corrected chi connectivity index (χ4v) is 0.394. The SMILES string of the molecule is CN(CCO)NC(N)=O. The number of urea groups is 1. The molecule has 0 aromatic carbocycles. The zero-order valence-corrected chi connectivity index (χ0v) is 5.29. The minimum atomic E-state index is -0.619. The molecule has 9 heavy (non-hydrogen) atoms. The molecule has 0 bridgehead atoms. The van der Waals surface area contributed by atoms with E-state index < -0.39 is 6.03 Å². The summed E-state index contributed by atoms with van der Waals surface area (Å²) in [6.07, 6.45) is 0. The number of carbonyl (C=O) groups excluding carboxylic acids is 1. The average molecular weight is 133 g/mol. The van der Waals surface area contributed by atoms with Crippen LogP contribution in [0.5, 0.6) is 0 Å². The van der Waals surface area contributed by atoms with Crippen molar-refractivity contribution in [1.82, 2.24) is 10.4 Å². The van der Waals surface area contributed by atoms with Crippen LogP contribution in [0.2, 0.25) is 0 Å². The summed E-state index contributed by atoms with van der Waals surface area (Å²) in [5.74, 6) is 0. The fraction of sp³-hybridized carbons (Fsp3) is 0.750. The molecule has 0 aliphatic carbocycles. The minimum Gasteiger partial charge on any atom is -0.395 e. The standard InChI is InChI=1S/C4H11N3O2/c1-7(2-3-8)6-4(5)9/h8H,2-3H2,1H3,(H3,5,6,9). The van der Waals surface area contributed by atoms with Gasteiger partial charge < -0.3 is 10.8 Å². The third kappa shape index (κ3) is 5.05. The highest BCUT2D eigenvalue weighted by Gasteiger charge is 1.96. The summed E-state index contributed by atoms with van der Waals surface area (Å²) in [7, 11) is 1.61. The van der Waals surface area contributed by atoms with Crippen molar-refractivity contribution in [2.45, 2.75) is 0 Å². The van der Waals surface area contributed by atoms with Crippen molar-refractivity contribution in [2.24, 2.45) is 5.73 Å². The second-order valence-electron chi connectivity index (χ2n) is 1.62. The monoisotopic (exact) mass is 133 g/mol. The van der Waals surface area contributed by atoms with Gasteiger partial charge in [-0.3, -0.25) is 5.43 Å². The number of rotatable bonds is 3. The molecule has 4 N–H and O–H groups in total. The lowest BCUT2D eigenvalue weighted by Crippen LogP contribution is -2.43.